The zero-order valence-corrected chi connectivity index (χ0v) is 10.1. The molecule has 84 valence electrons. The van der Waals surface area contributed by atoms with Crippen molar-refractivity contribution in [3.05, 3.63) is 21.9 Å². The number of rotatable bonds is 5. The Labute approximate surface area is 95.3 Å². The van der Waals surface area contributed by atoms with Crippen LogP contribution in [0.25, 0.3) is 0 Å². The zero-order chi connectivity index (χ0) is 10.7. The van der Waals surface area contributed by atoms with Crippen LogP contribution in [-0.4, -0.2) is 17.3 Å². The van der Waals surface area contributed by atoms with E-state index in [-0.39, 0.29) is 0 Å². The maximum Gasteiger partial charge on any atom is 0.0771 e. The molecule has 1 heterocycles. The largest absolute Gasteiger partial charge is 0.389 e. The molecular formula is C12H19NOS. The van der Waals surface area contributed by atoms with Crippen LogP contribution in [0.3, 0.4) is 0 Å². The van der Waals surface area contributed by atoms with Crippen molar-refractivity contribution in [3.8, 4) is 0 Å². The minimum Gasteiger partial charge on any atom is -0.389 e. The molecule has 0 aliphatic heterocycles. The molecule has 1 saturated carbocycles. The first-order valence-corrected chi connectivity index (χ1v) is 6.54. The smallest absolute Gasteiger partial charge is 0.0771 e. The number of hydrogen-bond donors (Lipinski definition) is 2. The van der Waals surface area contributed by atoms with Gasteiger partial charge in [-0.2, -0.15) is 0 Å². The topological polar surface area (TPSA) is 32.3 Å². The van der Waals surface area contributed by atoms with E-state index in [0.29, 0.717) is 0 Å². The normalized spacial score (nSPS) is 18.8. The number of hydrogen-bond acceptors (Lipinski definition) is 3. The van der Waals surface area contributed by atoms with Gasteiger partial charge in [-0.3, -0.25) is 0 Å². The van der Waals surface area contributed by atoms with Crippen LogP contribution in [0.2, 0.25) is 0 Å². The van der Waals surface area contributed by atoms with E-state index in [1.165, 1.54) is 16.2 Å². The lowest BCUT2D eigenvalue weighted by Crippen LogP contribution is -2.45. The van der Waals surface area contributed by atoms with Crippen molar-refractivity contribution in [3.63, 3.8) is 0 Å². The van der Waals surface area contributed by atoms with Crippen LogP contribution in [0.15, 0.2) is 12.1 Å². The molecule has 3 heteroatoms. The third kappa shape index (κ3) is 2.80. The quantitative estimate of drug-likeness (QED) is 0.806. The molecule has 1 aromatic heterocycles. The summed E-state index contributed by atoms with van der Waals surface area (Å²) in [6, 6.07) is 4.38. The zero-order valence-electron chi connectivity index (χ0n) is 9.25. The van der Waals surface area contributed by atoms with Gasteiger partial charge in [0.2, 0.25) is 0 Å². The van der Waals surface area contributed by atoms with Gasteiger partial charge in [0.05, 0.1) is 5.60 Å². The number of aryl methyl sites for hydroxylation is 1. The minimum atomic E-state index is -0.398. The van der Waals surface area contributed by atoms with Crippen molar-refractivity contribution in [2.24, 2.45) is 0 Å². The van der Waals surface area contributed by atoms with Crippen LogP contribution in [0, 0.1) is 0 Å². The van der Waals surface area contributed by atoms with E-state index in [2.05, 4.69) is 24.4 Å². The molecule has 0 bridgehead atoms. The van der Waals surface area contributed by atoms with Gasteiger partial charge in [-0.1, -0.05) is 6.92 Å². The minimum absolute atomic E-state index is 0.398. The Bertz CT molecular complexity index is 317. The molecule has 1 fully saturated rings. The van der Waals surface area contributed by atoms with Crippen molar-refractivity contribution in [2.75, 3.05) is 6.54 Å². The number of aliphatic hydroxyl groups is 1. The predicted molar refractivity (Wildman–Crippen MR) is 64.2 cm³/mol. The summed E-state index contributed by atoms with van der Waals surface area (Å²) in [5, 5.41) is 13.2. The molecule has 1 aromatic rings. The molecule has 2 rings (SSSR count). The summed E-state index contributed by atoms with van der Waals surface area (Å²) >= 11 is 1.86. The van der Waals surface area contributed by atoms with E-state index in [1.807, 2.05) is 11.3 Å². The lowest BCUT2D eigenvalue weighted by atomic mass is 9.80. The Hall–Kier alpha value is -0.380. The van der Waals surface area contributed by atoms with Crippen LogP contribution < -0.4 is 5.32 Å². The Morgan fingerprint density at radius 1 is 1.40 bits per heavy atom. The van der Waals surface area contributed by atoms with Crippen molar-refractivity contribution in [1.29, 1.82) is 0 Å². The summed E-state index contributed by atoms with van der Waals surface area (Å²) in [6.45, 7) is 3.82. The highest BCUT2D eigenvalue weighted by Gasteiger charge is 2.33. The highest BCUT2D eigenvalue weighted by atomic mass is 32.1. The summed E-state index contributed by atoms with van der Waals surface area (Å²) in [7, 11) is 0. The number of nitrogens with one attached hydrogen (secondary N) is 1. The van der Waals surface area contributed by atoms with Gasteiger partial charge in [0.25, 0.3) is 0 Å². The molecule has 2 nitrogen and oxygen atoms in total. The van der Waals surface area contributed by atoms with Gasteiger partial charge >= 0.3 is 0 Å². The molecule has 0 aromatic carbocycles. The fraction of sp³-hybridized carbons (Fsp3) is 0.667. The first kappa shape index (κ1) is 11.1. The third-order valence-electron chi connectivity index (χ3n) is 3.10. The van der Waals surface area contributed by atoms with Gasteiger partial charge in [-0.25, -0.2) is 0 Å². The van der Waals surface area contributed by atoms with Crippen LogP contribution in [0.4, 0.5) is 0 Å². The van der Waals surface area contributed by atoms with Crippen molar-refractivity contribution in [1.82, 2.24) is 5.32 Å². The summed E-state index contributed by atoms with van der Waals surface area (Å²) < 4.78 is 0. The third-order valence-corrected chi connectivity index (χ3v) is 4.33. The van der Waals surface area contributed by atoms with Crippen LogP contribution >= 0.6 is 11.3 Å². The second-order valence-electron chi connectivity index (χ2n) is 4.40. The highest BCUT2D eigenvalue weighted by Crippen LogP contribution is 2.30. The van der Waals surface area contributed by atoms with Crippen LogP contribution in [0.1, 0.15) is 35.9 Å². The van der Waals surface area contributed by atoms with Crippen molar-refractivity contribution >= 4 is 11.3 Å². The summed E-state index contributed by atoms with van der Waals surface area (Å²) in [5.74, 6) is 0. The van der Waals surface area contributed by atoms with Gasteiger partial charge in [0, 0.05) is 22.8 Å². The lowest BCUT2D eigenvalue weighted by Gasteiger charge is -2.36. The molecule has 0 atom stereocenters. The standard InChI is InChI=1S/C12H19NOS/c1-2-10-4-5-11(15-10)8-13-9-12(14)6-3-7-12/h4-5,13-14H,2-3,6-9H2,1H3. The molecule has 0 unspecified atom stereocenters. The average Bonchev–Trinajstić information content (AvgIpc) is 2.63. The fourth-order valence-corrected chi connectivity index (χ4v) is 2.81. The van der Waals surface area contributed by atoms with Gasteiger partial charge in [0.15, 0.2) is 0 Å². The molecule has 0 saturated heterocycles. The first-order valence-electron chi connectivity index (χ1n) is 5.72. The Morgan fingerprint density at radius 3 is 2.67 bits per heavy atom. The monoisotopic (exact) mass is 225 g/mol. The second kappa shape index (κ2) is 4.64. The summed E-state index contributed by atoms with van der Waals surface area (Å²) in [6.07, 6.45) is 4.22. The van der Waals surface area contributed by atoms with E-state index in [9.17, 15) is 5.11 Å². The molecule has 0 radical (unpaired) electrons. The molecular weight excluding hydrogens is 206 g/mol. The number of thiophene rings is 1. The van der Waals surface area contributed by atoms with E-state index in [0.717, 1.165) is 32.4 Å². The Balaban J connectivity index is 1.73. The van der Waals surface area contributed by atoms with Crippen LogP contribution in [0.5, 0.6) is 0 Å². The molecule has 0 spiro atoms. The molecule has 2 N–H and O–H groups in total. The molecule has 0 amide bonds. The maximum atomic E-state index is 9.88. The van der Waals surface area contributed by atoms with Gasteiger partial charge < -0.3 is 10.4 Å². The van der Waals surface area contributed by atoms with E-state index < -0.39 is 5.60 Å². The average molecular weight is 225 g/mol. The fourth-order valence-electron chi connectivity index (χ4n) is 1.89. The molecule has 1 aliphatic rings. The van der Waals surface area contributed by atoms with Gasteiger partial charge in [0.1, 0.15) is 0 Å². The molecule has 15 heavy (non-hydrogen) atoms. The Morgan fingerprint density at radius 2 is 2.13 bits per heavy atom. The first-order chi connectivity index (χ1) is 7.22. The summed E-state index contributed by atoms with van der Waals surface area (Å²) in [4.78, 5) is 2.81. The van der Waals surface area contributed by atoms with Crippen LogP contribution in [-0.2, 0) is 13.0 Å². The lowest BCUT2D eigenvalue weighted by molar-refractivity contribution is -0.0314. The van der Waals surface area contributed by atoms with Crippen molar-refractivity contribution in [2.45, 2.75) is 44.8 Å². The highest BCUT2D eigenvalue weighted by molar-refractivity contribution is 7.11. The van der Waals surface area contributed by atoms with Crippen molar-refractivity contribution < 1.29 is 5.11 Å². The summed E-state index contributed by atoms with van der Waals surface area (Å²) in [5.41, 5.74) is -0.398. The van der Waals surface area contributed by atoms with E-state index in [4.69, 9.17) is 0 Å². The van der Waals surface area contributed by atoms with E-state index >= 15 is 0 Å². The Kier molecular flexibility index (Phi) is 3.44. The predicted octanol–water partition coefficient (Wildman–Crippen LogP) is 2.32. The van der Waals surface area contributed by atoms with E-state index in [1.54, 1.807) is 0 Å². The SMILES string of the molecule is CCc1ccc(CNCC2(O)CCC2)s1. The van der Waals surface area contributed by atoms with Gasteiger partial charge in [-0.05, 0) is 37.8 Å². The van der Waals surface area contributed by atoms with Gasteiger partial charge in [-0.15, -0.1) is 11.3 Å². The maximum absolute atomic E-state index is 9.88. The molecule has 1 aliphatic carbocycles. The second-order valence-corrected chi connectivity index (χ2v) is 5.66.